The molecule has 1 heterocycles. The molecule has 0 radical (unpaired) electrons. The van der Waals surface area contributed by atoms with Crippen molar-refractivity contribution in [2.75, 3.05) is 32.7 Å². The van der Waals surface area contributed by atoms with Crippen LogP contribution in [0.3, 0.4) is 0 Å². The van der Waals surface area contributed by atoms with Gasteiger partial charge in [-0.05, 0) is 39.8 Å². The number of nitrogens with one attached hydrogen (secondary N) is 1. The summed E-state index contributed by atoms with van der Waals surface area (Å²) in [6.07, 6.45) is 2.71. The SMILES string of the molecule is CC.CC.CC(C)(O)CNCCN1CCCC1. The van der Waals surface area contributed by atoms with Gasteiger partial charge in [0.2, 0.25) is 0 Å². The molecule has 1 aliphatic rings. The Bertz CT molecular complexity index is 138. The Labute approximate surface area is 109 Å². The predicted octanol–water partition coefficient (Wildman–Crippen LogP) is 2.50. The molecule has 1 fully saturated rings. The van der Waals surface area contributed by atoms with Crippen LogP contribution in [0.15, 0.2) is 0 Å². The lowest BCUT2D eigenvalue weighted by Gasteiger charge is -2.19. The van der Waals surface area contributed by atoms with Gasteiger partial charge in [0.05, 0.1) is 5.60 Å². The Morgan fingerprint density at radius 2 is 1.53 bits per heavy atom. The van der Waals surface area contributed by atoms with Gasteiger partial charge >= 0.3 is 0 Å². The summed E-state index contributed by atoms with van der Waals surface area (Å²) in [5.41, 5.74) is -0.578. The second kappa shape index (κ2) is 12.3. The van der Waals surface area contributed by atoms with Gasteiger partial charge < -0.3 is 15.3 Å². The van der Waals surface area contributed by atoms with Gasteiger partial charge in [-0.1, -0.05) is 27.7 Å². The van der Waals surface area contributed by atoms with Gasteiger partial charge in [0.15, 0.2) is 0 Å². The summed E-state index contributed by atoms with van der Waals surface area (Å²) >= 11 is 0. The maximum absolute atomic E-state index is 9.43. The molecule has 0 spiro atoms. The van der Waals surface area contributed by atoms with Crippen molar-refractivity contribution in [3.8, 4) is 0 Å². The third kappa shape index (κ3) is 13.8. The summed E-state index contributed by atoms with van der Waals surface area (Å²) in [7, 11) is 0. The second-order valence-corrected chi connectivity index (χ2v) is 4.54. The number of aliphatic hydroxyl groups is 1. The Morgan fingerprint density at radius 3 is 1.94 bits per heavy atom. The highest BCUT2D eigenvalue weighted by atomic mass is 16.3. The van der Waals surface area contributed by atoms with Crippen molar-refractivity contribution in [3.05, 3.63) is 0 Å². The average molecular weight is 246 g/mol. The molecule has 1 saturated heterocycles. The van der Waals surface area contributed by atoms with Gasteiger partial charge in [-0.15, -0.1) is 0 Å². The molecule has 0 aromatic rings. The lowest BCUT2D eigenvalue weighted by Crippen LogP contribution is -2.38. The van der Waals surface area contributed by atoms with Gasteiger partial charge in [-0.2, -0.15) is 0 Å². The van der Waals surface area contributed by atoms with Crippen LogP contribution >= 0.6 is 0 Å². The van der Waals surface area contributed by atoms with Crippen LogP contribution in [0.2, 0.25) is 0 Å². The minimum Gasteiger partial charge on any atom is -0.389 e. The van der Waals surface area contributed by atoms with Crippen LogP contribution in [0, 0.1) is 0 Å². The molecule has 0 atom stereocenters. The third-order valence-electron chi connectivity index (χ3n) is 2.36. The van der Waals surface area contributed by atoms with Gasteiger partial charge in [0, 0.05) is 19.6 Å². The van der Waals surface area contributed by atoms with E-state index >= 15 is 0 Å². The molecule has 0 aromatic carbocycles. The molecular weight excluding hydrogens is 212 g/mol. The highest BCUT2D eigenvalue weighted by molar-refractivity contribution is 4.71. The van der Waals surface area contributed by atoms with Crippen LogP contribution in [0.4, 0.5) is 0 Å². The van der Waals surface area contributed by atoms with Crippen LogP contribution in [0.5, 0.6) is 0 Å². The maximum atomic E-state index is 9.43. The highest BCUT2D eigenvalue weighted by Gasteiger charge is 2.13. The fraction of sp³-hybridized carbons (Fsp3) is 1.00. The molecule has 0 amide bonds. The summed E-state index contributed by atoms with van der Waals surface area (Å²) in [5.74, 6) is 0. The van der Waals surface area contributed by atoms with Crippen molar-refractivity contribution >= 4 is 0 Å². The summed E-state index contributed by atoms with van der Waals surface area (Å²) in [6.45, 7) is 17.0. The Balaban J connectivity index is 0. The molecule has 1 aliphatic heterocycles. The van der Waals surface area contributed by atoms with Crippen molar-refractivity contribution in [2.24, 2.45) is 0 Å². The van der Waals surface area contributed by atoms with Crippen molar-refractivity contribution < 1.29 is 5.11 Å². The Kier molecular flexibility index (Phi) is 14.0. The van der Waals surface area contributed by atoms with E-state index in [1.165, 1.54) is 25.9 Å². The van der Waals surface area contributed by atoms with Crippen LogP contribution in [0.1, 0.15) is 54.4 Å². The summed E-state index contributed by atoms with van der Waals surface area (Å²) in [4.78, 5) is 2.47. The fourth-order valence-electron chi connectivity index (χ4n) is 1.64. The third-order valence-corrected chi connectivity index (χ3v) is 2.36. The van der Waals surface area contributed by atoms with E-state index in [9.17, 15) is 5.11 Å². The van der Waals surface area contributed by atoms with E-state index in [0.717, 1.165) is 13.1 Å². The number of rotatable bonds is 5. The topological polar surface area (TPSA) is 35.5 Å². The van der Waals surface area contributed by atoms with E-state index in [2.05, 4.69) is 10.2 Å². The van der Waals surface area contributed by atoms with Gasteiger partial charge in [-0.3, -0.25) is 0 Å². The van der Waals surface area contributed by atoms with Crippen LogP contribution in [0.25, 0.3) is 0 Å². The molecule has 17 heavy (non-hydrogen) atoms. The molecule has 0 saturated carbocycles. The number of likely N-dealkylation sites (tertiary alicyclic amines) is 1. The van der Waals surface area contributed by atoms with E-state index in [1.807, 2.05) is 41.5 Å². The highest BCUT2D eigenvalue weighted by Crippen LogP contribution is 2.05. The lowest BCUT2D eigenvalue weighted by atomic mass is 10.1. The predicted molar refractivity (Wildman–Crippen MR) is 77.5 cm³/mol. The first-order valence-corrected chi connectivity index (χ1v) is 7.23. The van der Waals surface area contributed by atoms with Crippen molar-refractivity contribution in [1.29, 1.82) is 0 Å². The molecule has 3 nitrogen and oxygen atoms in total. The van der Waals surface area contributed by atoms with Crippen molar-refractivity contribution in [2.45, 2.75) is 60.0 Å². The first-order valence-electron chi connectivity index (χ1n) is 7.23. The summed E-state index contributed by atoms with van der Waals surface area (Å²) in [6, 6.07) is 0. The zero-order valence-corrected chi connectivity index (χ0v) is 12.8. The monoisotopic (exact) mass is 246 g/mol. The summed E-state index contributed by atoms with van der Waals surface area (Å²) in [5, 5.41) is 12.7. The maximum Gasteiger partial charge on any atom is 0.0715 e. The lowest BCUT2D eigenvalue weighted by molar-refractivity contribution is 0.0793. The van der Waals surface area contributed by atoms with E-state index in [4.69, 9.17) is 0 Å². The van der Waals surface area contributed by atoms with E-state index in [-0.39, 0.29) is 0 Å². The van der Waals surface area contributed by atoms with Crippen molar-refractivity contribution in [3.63, 3.8) is 0 Å². The number of nitrogens with zero attached hydrogens (tertiary/aromatic N) is 1. The van der Waals surface area contributed by atoms with Crippen LogP contribution < -0.4 is 5.32 Å². The molecule has 0 aromatic heterocycles. The quantitative estimate of drug-likeness (QED) is 0.732. The molecule has 0 unspecified atom stereocenters. The molecular formula is C14H34N2O. The van der Waals surface area contributed by atoms with Gasteiger partial charge in [0.1, 0.15) is 0 Å². The standard InChI is InChI=1S/C10H22N2O.2C2H6/c1-10(2,13)9-11-5-8-12-6-3-4-7-12;2*1-2/h11,13H,3-9H2,1-2H3;2*1-2H3. The van der Waals surface area contributed by atoms with Crippen LogP contribution in [-0.4, -0.2) is 48.3 Å². The minimum atomic E-state index is -0.578. The molecule has 1 rings (SSSR count). The molecule has 0 bridgehead atoms. The second-order valence-electron chi connectivity index (χ2n) is 4.54. The smallest absolute Gasteiger partial charge is 0.0715 e. The molecule has 2 N–H and O–H groups in total. The van der Waals surface area contributed by atoms with E-state index < -0.39 is 5.60 Å². The normalized spacial score (nSPS) is 15.7. The van der Waals surface area contributed by atoms with E-state index in [0.29, 0.717) is 6.54 Å². The first kappa shape index (κ1) is 19.2. The van der Waals surface area contributed by atoms with E-state index in [1.54, 1.807) is 0 Å². The Hall–Kier alpha value is -0.120. The molecule has 3 heteroatoms. The zero-order valence-electron chi connectivity index (χ0n) is 12.8. The zero-order chi connectivity index (χ0) is 13.7. The van der Waals surface area contributed by atoms with Gasteiger partial charge in [-0.25, -0.2) is 0 Å². The number of hydrogen-bond acceptors (Lipinski definition) is 3. The Morgan fingerprint density at radius 1 is 1.06 bits per heavy atom. The molecule has 106 valence electrons. The number of hydrogen-bond donors (Lipinski definition) is 2. The fourth-order valence-corrected chi connectivity index (χ4v) is 1.64. The molecule has 0 aliphatic carbocycles. The average Bonchev–Trinajstić information content (AvgIpc) is 2.82. The van der Waals surface area contributed by atoms with Crippen LogP contribution in [-0.2, 0) is 0 Å². The first-order chi connectivity index (χ1) is 8.08. The van der Waals surface area contributed by atoms with Gasteiger partial charge in [0.25, 0.3) is 0 Å². The summed E-state index contributed by atoms with van der Waals surface area (Å²) < 4.78 is 0. The largest absolute Gasteiger partial charge is 0.389 e. The minimum absolute atomic E-state index is 0.578. The van der Waals surface area contributed by atoms with Crippen molar-refractivity contribution in [1.82, 2.24) is 10.2 Å².